The van der Waals surface area contributed by atoms with Gasteiger partial charge in [-0.15, -0.1) is 0 Å². The molecule has 110 valence electrons. The molecule has 0 spiro atoms. The summed E-state index contributed by atoms with van der Waals surface area (Å²) in [5.74, 6) is 0. The van der Waals surface area contributed by atoms with E-state index in [1.54, 1.807) is 0 Å². The number of fused-ring (bicyclic) bond motifs is 1. The molecule has 1 aliphatic rings. The van der Waals surface area contributed by atoms with Crippen molar-refractivity contribution in [2.45, 2.75) is 31.5 Å². The smallest absolute Gasteiger partial charge is 0.0897 e. The minimum absolute atomic E-state index is 0.0519. The summed E-state index contributed by atoms with van der Waals surface area (Å²) in [4.78, 5) is 0. The third kappa shape index (κ3) is 3.20. The van der Waals surface area contributed by atoms with Crippen LogP contribution in [0.2, 0.25) is 0 Å². The Morgan fingerprint density at radius 1 is 1.24 bits per heavy atom. The highest BCUT2D eigenvalue weighted by Crippen LogP contribution is 2.37. The first-order valence-electron chi connectivity index (χ1n) is 7.24. The van der Waals surface area contributed by atoms with E-state index in [2.05, 4.69) is 34.1 Å². The molecular formula is C18H19BrO2. The zero-order chi connectivity index (χ0) is 14.9. The second kappa shape index (κ2) is 5.91. The first-order valence-corrected chi connectivity index (χ1v) is 8.03. The molecule has 1 aliphatic heterocycles. The largest absolute Gasteiger partial charge is 0.385 e. The summed E-state index contributed by atoms with van der Waals surface area (Å²) in [6.07, 6.45) is 1.45. The van der Waals surface area contributed by atoms with Gasteiger partial charge in [-0.2, -0.15) is 0 Å². The lowest BCUT2D eigenvalue weighted by Crippen LogP contribution is -2.28. The number of halogens is 1. The van der Waals surface area contributed by atoms with Crippen molar-refractivity contribution in [1.29, 1.82) is 0 Å². The SMILES string of the molecule is CC(O)(CC1OCCc2ccccc21)c1cccc(Br)c1. The highest BCUT2D eigenvalue weighted by Gasteiger charge is 2.31. The molecule has 2 unspecified atom stereocenters. The van der Waals surface area contributed by atoms with Crippen LogP contribution in [0.4, 0.5) is 0 Å². The van der Waals surface area contributed by atoms with Gasteiger partial charge in [0.05, 0.1) is 18.3 Å². The van der Waals surface area contributed by atoms with Crippen molar-refractivity contribution in [2.24, 2.45) is 0 Å². The van der Waals surface area contributed by atoms with Crippen molar-refractivity contribution in [3.05, 3.63) is 69.7 Å². The molecule has 2 aromatic rings. The van der Waals surface area contributed by atoms with Gasteiger partial charge >= 0.3 is 0 Å². The summed E-state index contributed by atoms with van der Waals surface area (Å²) < 4.78 is 6.90. The van der Waals surface area contributed by atoms with E-state index in [4.69, 9.17) is 4.74 Å². The summed E-state index contributed by atoms with van der Waals surface area (Å²) >= 11 is 3.46. The molecule has 0 bridgehead atoms. The molecule has 21 heavy (non-hydrogen) atoms. The number of hydrogen-bond donors (Lipinski definition) is 1. The molecule has 0 saturated heterocycles. The maximum Gasteiger partial charge on any atom is 0.0897 e. The van der Waals surface area contributed by atoms with E-state index >= 15 is 0 Å². The lowest BCUT2D eigenvalue weighted by molar-refractivity contribution is -0.0399. The van der Waals surface area contributed by atoms with Crippen LogP contribution in [0.1, 0.15) is 36.1 Å². The van der Waals surface area contributed by atoms with Gasteiger partial charge in [-0.05, 0) is 42.2 Å². The lowest BCUT2D eigenvalue weighted by Gasteiger charge is -2.33. The Balaban J connectivity index is 1.86. The van der Waals surface area contributed by atoms with Crippen LogP contribution in [0.15, 0.2) is 53.0 Å². The number of benzene rings is 2. The van der Waals surface area contributed by atoms with Crippen LogP contribution in [-0.4, -0.2) is 11.7 Å². The Morgan fingerprint density at radius 3 is 2.86 bits per heavy atom. The van der Waals surface area contributed by atoms with Crippen LogP contribution in [0.5, 0.6) is 0 Å². The molecule has 3 heteroatoms. The van der Waals surface area contributed by atoms with E-state index in [9.17, 15) is 5.11 Å². The fourth-order valence-electron chi connectivity index (χ4n) is 2.95. The molecule has 0 aromatic heterocycles. The molecule has 0 fully saturated rings. The minimum atomic E-state index is -0.918. The molecule has 2 atom stereocenters. The number of aliphatic hydroxyl groups is 1. The van der Waals surface area contributed by atoms with Gasteiger partial charge in [-0.3, -0.25) is 0 Å². The summed E-state index contributed by atoms with van der Waals surface area (Å²) in [7, 11) is 0. The quantitative estimate of drug-likeness (QED) is 0.894. The van der Waals surface area contributed by atoms with Gasteiger partial charge in [0.1, 0.15) is 0 Å². The van der Waals surface area contributed by atoms with Crippen LogP contribution in [-0.2, 0) is 16.8 Å². The van der Waals surface area contributed by atoms with Crippen LogP contribution < -0.4 is 0 Å². The molecule has 2 nitrogen and oxygen atoms in total. The molecular weight excluding hydrogens is 328 g/mol. The third-order valence-electron chi connectivity index (χ3n) is 4.12. The van der Waals surface area contributed by atoms with Crippen LogP contribution in [0, 0.1) is 0 Å². The predicted molar refractivity (Wildman–Crippen MR) is 87.2 cm³/mol. The van der Waals surface area contributed by atoms with Gasteiger partial charge < -0.3 is 9.84 Å². The first-order chi connectivity index (χ1) is 10.1. The highest BCUT2D eigenvalue weighted by atomic mass is 79.9. The fourth-order valence-corrected chi connectivity index (χ4v) is 3.35. The van der Waals surface area contributed by atoms with Gasteiger partial charge in [-0.25, -0.2) is 0 Å². The Morgan fingerprint density at radius 2 is 2.05 bits per heavy atom. The summed E-state index contributed by atoms with van der Waals surface area (Å²) in [5.41, 5.74) is 2.53. The summed E-state index contributed by atoms with van der Waals surface area (Å²) in [6.45, 7) is 2.57. The number of rotatable bonds is 3. The van der Waals surface area contributed by atoms with Crippen molar-refractivity contribution in [3.63, 3.8) is 0 Å². The Bertz CT molecular complexity index is 637. The monoisotopic (exact) mass is 346 g/mol. The van der Waals surface area contributed by atoms with Gasteiger partial charge in [0.15, 0.2) is 0 Å². The predicted octanol–water partition coefficient (Wildman–Crippen LogP) is 4.36. The van der Waals surface area contributed by atoms with Gasteiger partial charge in [0.2, 0.25) is 0 Å². The van der Waals surface area contributed by atoms with E-state index in [1.807, 2.05) is 37.3 Å². The maximum absolute atomic E-state index is 10.9. The van der Waals surface area contributed by atoms with E-state index in [1.165, 1.54) is 11.1 Å². The average molecular weight is 347 g/mol. The van der Waals surface area contributed by atoms with E-state index in [0.29, 0.717) is 6.42 Å². The Labute approximate surface area is 133 Å². The van der Waals surface area contributed by atoms with Crippen LogP contribution >= 0.6 is 15.9 Å². The van der Waals surface area contributed by atoms with Crippen molar-refractivity contribution >= 4 is 15.9 Å². The zero-order valence-corrected chi connectivity index (χ0v) is 13.6. The highest BCUT2D eigenvalue weighted by molar-refractivity contribution is 9.10. The second-order valence-corrected chi connectivity index (χ2v) is 6.71. The van der Waals surface area contributed by atoms with Gasteiger partial charge in [0, 0.05) is 10.9 Å². The van der Waals surface area contributed by atoms with Crippen LogP contribution in [0.3, 0.4) is 0 Å². The molecule has 1 N–H and O–H groups in total. The molecule has 0 amide bonds. The Kier molecular flexibility index (Phi) is 4.16. The van der Waals surface area contributed by atoms with Crippen molar-refractivity contribution in [2.75, 3.05) is 6.61 Å². The summed E-state index contributed by atoms with van der Waals surface area (Å²) in [6, 6.07) is 16.2. The molecule has 1 heterocycles. The molecule has 0 aliphatic carbocycles. The minimum Gasteiger partial charge on any atom is -0.385 e. The van der Waals surface area contributed by atoms with E-state index in [-0.39, 0.29) is 6.10 Å². The molecule has 2 aromatic carbocycles. The number of ether oxygens (including phenoxy) is 1. The summed E-state index contributed by atoms with van der Waals surface area (Å²) in [5, 5.41) is 10.9. The molecule has 0 radical (unpaired) electrons. The van der Waals surface area contributed by atoms with Crippen molar-refractivity contribution < 1.29 is 9.84 Å². The lowest BCUT2D eigenvalue weighted by atomic mass is 9.85. The molecule has 0 saturated carbocycles. The van der Waals surface area contributed by atoms with E-state index < -0.39 is 5.60 Å². The molecule has 3 rings (SSSR count). The van der Waals surface area contributed by atoms with Gasteiger partial charge in [0.25, 0.3) is 0 Å². The third-order valence-corrected chi connectivity index (χ3v) is 4.62. The standard InChI is InChI=1S/C18H19BrO2/c1-18(20,14-6-4-7-15(19)11-14)12-17-16-8-3-2-5-13(16)9-10-21-17/h2-8,11,17,20H,9-10,12H2,1H3. The average Bonchev–Trinajstić information content (AvgIpc) is 2.47. The van der Waals surface area contributed by atoms with Crippen molar-refractivity contribution in [1.82, 2.24) is 0 Å². The maximum atomic E-state index is 10.9. The second-order valence-electron chi connectivity index (χ2n) is 5.80. The zero-order valence-electron chi connectivity index (χ0n) is 12.1. The van der Waals surface area contributed by atoms with Crippen molar-refractivity contribution in [3.8, 4) is 0 Å². The van der Waals surface area contributed by atoms with Crippen LogP contribution in [0.25, 0.3) is 0 Å². The van der Waals surface area contributed by atoms with E-state index in [0.717, 1.165) is 23.1 Å². The Hall–Kier alpha value is -1.16. The fraction of sp³-hybridized carbons (Fsp3) is 0.333. The van der Waals surface area contributed by atoms with Gasteiger partial charge in [-0.1, -0.05) is 52.3 Å². The normalized spacial score (nSPS) is 20.6. The first kappa shape index (κ1) is 14.8. The number of hydrogen-bond acceptors (Lipinski definition) is 2. The topological polar surface area (TPSA) is 29.5 Å².